The van der Waals surface area contributed by atoms with E-state index in [2.05, 4.69) is 17.4 Å². The van der Waals surface area contributed by atoms with Crippen molar-refractivity contribution < 1.29 is 13.2 Å². The highest BCUT2D eigenvalue weighted by Crippen LogP contribution is 2.26. The van der Waals surface area contributed by atoms with Crippen LogP contribution in [0.2, 0.25) is 10.0 Å². The first-order chi connectivity index (χ1) is 14.7. The molecule has 0 bridgehead atoms. The standard InChI is InChI=1S/C23H28Cl2N2O3S/c1-17(9-10-18-6-3-2-4-7-18)26-23(28)19-8-5-13-27(15-19)31(29,30)16-20-11-12-21(24)14-22(20)25/h2-4,6-7,11-12,14,17,19H,5,8-10,13,15-16H2,1H3,(H,26,28)/t17-,19+/m1/s1. The number of amides is 1. The molecule has 8 heteroatoms. The number of nitrogens with one attached hydrogen (secondary N) is 1. The number of carbonyl (C=O) groups excluding carboxylic acids is 1. The average molecular weight is 483 g/mol. The molecule has 1 amide bonds. The van der Waals surface area contributed by atoms with E-state index in [0.717, 1.165) is 12.8 Å². The Balaban J connectivity index is 1.55. The van der Waals surface area contributed by atoms with Crippen molar-refractivity contribution in [2.45, 2.75) is 44.4 Å². The van der Waals surface area contributed by atoms with Crippen LogP contribution in [-0.4, -0.2) is 37.8 Å². The minimum absolute atomic E-state index is 0.0209. The summed E-state index contributed by atoms with van der Waals surface area (Å²) in [6.45, 7) is 2.60. The molecule has 0 spiro atoms. The molecule has 3 rings (SSSR count). The molecule has 0 unspecified atom stereocenters. The van der Waals surface area contributed by atoms with Gasteiger partial charge in [0.25, 0.3) is 0 Å². The van der Waals surface area contributed by atoms with Crippen molar-refractivity contribution in [1.82, 2.24) is 9.62 Å². The Hall–Kier alpha value is -1.60. The van der Waals surface area contributed by atoms with Gasteiger partial charge in [-0.15, -0.1) is 0 Å². The van der Waals surface area contributed by atoms with Crippen LogP contribution in [0.1, 0.15) is 37.3 Å². The fourth-order valence-electron chi connectivity index (χ4n) is 3.80. The fourth-order valence-corrected chi connectivity index (χ4v) is 5.99. The summed E-state index contributed by atoms with van der Waals surface area (Å²) in [7, 11) is -3.59. The number of benzene rings is 2. The smallest absolute Gasteiger partial charge is 0.224 e. The van der Waals surface area contributed by atoms with Gasteiger partial charge >= 0.3 is 0 Å². The number of hydrogen-bond acceptors (Lipinski definition) is 3. The highest BCUT2D eigenvalue weighted by atomic mass is 35.5. The van der Waals surface area contributed by atoms with E-state index < -0.39 is 10.0 Å². The highest BCUT2D eigenvalue weighted by Gasteiger charge is 2.33. The summed E-state index contributed by atoms with van der Waals surface area (Å²) >= 11 is 12.1. The lowest BCUT2D eigenvalue weighted by Gasteiger charge is -2.32. The summed E-state index contributed by atoms with van der Waals surface area (Å²) in [4.78, 5) is 12.8. The summed E-state index contributed by atoms with van der Waals surface area (Å²) in [6, 6.07) is 15.0. The highest BCUT2D eigenvalue weighted by molar-refractivity contribution is 7.88. The lowest BCUT2D eigenvalue weighted by Crippen LogP contribution is -2.47. The van der Waals surface area contributed by atoms with E-state index in [1.807, 2.05) is 25.1 Å². The summed E-state index contributed by atoms with van der Waals surface area (Å²) in [6.07, 6.45) is 3.06. The van der Waals surface area contributed by atoms with E-state index >= 15 is 0 Å². The number of nitrogens with zero attached hydrogens (tertiary/aromatic N) is 1. The third kappa shape index (κ3) is 6.94. The summed E-state index contributed by atoms with van der Waals surface area (Å²) in [5, 5.41) is 3.85. The van der Waals surface area contributed by atoms with Crippen molar-refractivity contribution in [1.29, 1.82) is 0 Å². The zero-order chi connectivity index (χ0) is 22.4. The lowest BCUT2D eigenvalue weighted by molar-refractivity contribution is -0.126. The molecule has 1 saturated heterocycles. The second-order valence-corrected chi connectivity index (χ2v) is 10.9. The van der Waals surface area contributed by atoms with Gasteiger partial charge in [-0.05, 0) is 55.9 Å². The third-order valence-electron chi connectivity index (χ3n) is 5.60. The van der Waals surface area contributed by atoms with Gasteiger partial charge in [0.05, 0.1) is 11.7 Å². The first-order valence-electron chi connectivity index (χ1n) is 10.5. The molecule has 31 heavy (non-hydrogen) atoms. The van der Waals surface area contributed by atoms with Crippen molar-refractivity contribution in [3.63, 3.8) is 0 Å². The molecule has 1 fully saturated rings. The summed E-state index contributed by atoms with van der Waals surface area (Å²) < 4.78 is 27.3. The van der Waals surface area contributed by atoms with Crippen molar-refractivity contribution in [2.24, 2.45) is 5.92 Å². The van der Waals surface area contributed by atoms with E-state index in [0.29, 0.717) is 35.0 Å². The van der Waals surface area contributed by atoms with E-state index in [4.69, 9.17) is 23.2 Å². The SMILES string of the molecule is C[C@H](CCc1ccccc1)NC(=O)[C@H]1CCCN(S(=O)(=O)Cc2ccc(Cl)cc2Cl)C1. The molecular weight excluding hydrogens is 455 g/mol. The lowest BCUT2D eigenvalue weighted by atomic mass is 9.98. The summed E-state index contributed by atoms with van der Waals surface area (Å²) in [5.74, 6) is -0.626. The number of carbonyl (C=O) groups is 1. The van der Waals surface area contributed by atoms with Crippen LogP contribution in [0.15, 0.2) is 48.5 Å². The fraction of sp³-hybridized carbons (Fsp3) is 0.435. The Kier molecular flexibility index (Phi) is 8.39. The number of piperidine rings is 1. The maximum Gasteiger partial charge on any atom is 0.224 e. The van der Waals surface area contributed by atoms with Gasteiger partial charge in [0.1, 0.15) is 0 Å². The Labute approximate surface area is 194 Å². The molecule has 1 aliphatic rings. The number of rotatable bonds is 8. The van der Waals surface area contributed by atoms with Crippen LogP contribution in [0.3, 0.4) is 0 Å². The van der Waals surface area contributed by atoms with Gasteiger partial charge < -0.3 is 5.32 Å². The second-order valence-electron chi connectivity index (χ2n) is 8.12. The molecular formula is C23H28Cl2N2O3S. The second kappa shape index (κ2) is 10.8. The van der Waals surface area contributed by atoms with Gasteiger partial charge in [-0.1, -0.05) is 59.6 Å². The normalized spacial score (nSPS) is 18.5. The van der Waals surface area contributed by atoms with Crippen molar-refractivity contribution >= 4 is 39.1 Å². The zero-order valence-electron chi connectivity index (χ0n) is 17.6. The molecule has 2 aromatic carbocycles. The van der Waals surface area contributed by atoms with Crippen LogP contribution in [0.5, 0.6) is 0 Å². The zero-order valence-corrected chi connectivity index (χ0v) is 19.9. The molecule has 0 aliphatic carbocycles. The number of aryl methyl sites for hydroxylation is 1. The Morgan fingerprint density at radius 3 is 2.65 bits per heavy atom. The minimum atomic E-state index is -3.59. The maximum absolute atomic E-state index is 12.9. The first kappa shape index (κ1) is 24.1. The van der Waals surface area contributed by atoms with Crippen LogP contribution >= 0.6 is 23.2 Å². The Bertz CT molecular complexity index is 999. The topological polar surface area (TPSA) is 66.5 Å². The van der Waals surface area contributed by atoms with Gasteiger partial charge in [0.15, 0.2) is 0 Å². The molecule has 2 atom stereocenters. The largest absolute Gasteiger partial charge is 0.353 e. The van der Waals surface area contributed by atoms with E-state index in [1.54, 1.807) is 12.1 Å². The van der Waals surface area contributed by atoms with Gasteiger partial charge in [-0.3, -0.25) is 4.79 Å². The molecule has 2 aromatic rings. The molecule has 0 radical (unpaired) electrons. The van der Waals surface area contributed by atoms with Crippen molar-refractivity contribution in [3.8, 4) is 0 Å². The predicted octanol–water partition coefficient (Wildman–Crippen LogP) is 4.67. The van der Waals surface area contributed by atoms with Crippen LogP contribution in [0.25, 0.3) is 0 Å². The monoisotopic (exact) mass is 482 g/mol. The van der Waals surface area contributed by atoms with Crippen molar-refractivity contribution in [2.75, 3.05) is 13.1 Å². The van der Waals surface area contributed by atoms with Gasteiger partial charge in [0, 0.05) is 29.2 Å². The number of halogens is 2. The molecule has 0 saturated carbocycles. The molecule has 0 aromatic heterocycles. The molecule has 1 N–H and O–H groups in total. The Morgan fingerprint density at radius 1 is 1.19 bits per heavy atom. The molecule has 5 nitrogen and oxygen atoms in total. The average Bonchev–Trinajstić information content (AvgIpc) is 2.75. The van der Waals surface area contributed by atoms with Crippen LogP contribution in [0.4, 0.5) is 0 Å². The molecule has 1 aliphatic heterocycles. The van der Waals surface area contributed by atoms with Gasteiger partial charge in [-0.25, -0.2) is 12.7 Å². The predicted molar refractivity (Wildman–Crippen MR) is 126 cm³/mol. The first-order valence-corrected chi connectivity index (χ1v) is 12.9. The van der Waals surface area contributed by atoms with Crippen LogP contribution < -0.4 is 5.32 Å². The number of hydrogen-bond donors (Lipinski definition) is 1. The van der Waals surface area contributed by atoms with E-state index in [9.17, 15) is 13.2 Å². The maximum atomic E-state index is 12.9. The quantitative estimate of drug-likeness (QED) is 0.594. The Morgan fingerprint density at radius 2 is 1.94 bits per heavy atom. The number of sulfonamides is 1. The third-order valence-corrected chi connectivity index (χ3v) is 7.98. The summed E-state index contributed by atoms with van der Waals surface area (Å²) in [5.41, 5.74) is 1.74. The van der Waals surface area contributed by atoms with E-state index in [-0.39, 0.29) is 30.2 Å². The minimum Gasteiger partial charge on any atom is -0.353 e. The molecule has 1 heterocycles. The van der Waals surface area contributed by atoms with Crippen LogP contribution in [-0.2, 0) is 27.0 Å². The molecule has 168 valence electrons. The van der Waals surface area contributed by atoms with Crippen LogP contribution in [0, 0.1) is 5.92 Å². The van der Waals surface area contributed by atoms with Crippen molar-refractivity contribution in [3.05, 3.63) is 69.7 Å². The van der Waals surface area contributed by atoms with Gasteiger partial charge in [0.2, 0.25) is 15.9 Å². The van der Waals surface area contributed by atoms with Gasteiger partial charge in [-0.2, -0.15) is 0 Å². The van der Waals surface area contributed by atoms with E-state index in [1.165, 1.54) is 15.9 Å².